The monoisotopic (exact) mass is 278 g/mol. The average molecular weight is 278 g/mol. The van der Waals surface area contributed by atoms with Crippen molar-refractivity contribution >= 4 is 10.0 Å². The third kappa shape index (κ3) is 3.94. The highest BCUT2D eigenvalue weighted by molar-refractivity contribution is 7.89. The Balaban J connectivity index is 1.86. The van der Waals surface area contributed by atoms with Crippen LogP contribution in [-0.4, -0.2) is 19.5 Å². The summed E-state index contributed by atoms with van der Waals surface area (Å²) < 4.78 is 28.6. The quantitative estimate of drug-likeness (QED) is 0.823. The van der Waals surface area contributed by atoms with E-state index < -0.39 is 10.0 Å². The predicted octanol–water partition coefficient (Wildman–Crippen LogP) is 2.17. The third-order valence-corrected chi connectivity index (χ3v) is 4.36. The fraction of sp³-hybridized carbons (Fsp3) is 0.286. The Labute approximate surface area is 114 Å². The summed E-state index contributed by atoms with van der Waals surface area (Å²) in [6.07, 6.45) is 4.70. The van der Waals surface area contributed by atoms with Crippen molar-refractivity contribution in [1.82, 2.24) is 9.29 Å². The van der Waals surface area contributed by atoms with Crippen LogP contribution in [0, 0.1) is 6.92 Å². The second-order valence-corrected chi connectivity index (χ2v) is 6.25. The largest absolute Gasteiger partial charge is 0.354 e. The molecule has 0 bridgehead atoms. The molecule has 0 amide bonds. The van der Waals surface area contributed by atoms with Crippen LogP contribution in [0.3, 0.4) is 0 Å². The Morgan fingerprint density at radius 3 is 2.37 bits per heavy atom. The van der Waals surface area contributed by atoms with Crippen LogP contribution in [0.25, 0.3) is 0 Å². The number of aromatic nitrogens is 1. The summed E-state index contributed by atoms with van der Waals surface area (Å²) in [5.41, 5.74) is 1.05. The molecule has 1 N–H and O–H groups in total. The molecular formula is C14H18N2O2S. The summed E-state index contributed by atoms with van der Waals surface area (Å²) in [6, 6.07) is 10.8. The van der Waals surface area contributed by atoms with Gasteiger partial charge in [0, 0.05) is 25.5 Å². The predicted molar refractivity (Wildman–Crippen MR) is 75.4 cm³/mol. The molecule has 2 aromatic rings. The zero-order valence-corrected chi connectivity index (χ0v) is 11.7. The maximum Gasteiger partial charge on any atom is 0.240 e. The molecule has 0 spiro atoms. The van der Waals surface area contributed by atoms with Gasteiger partial charge in [0.15, 0.2) is 0 Å². The molecule has 0 aliphatic carbocycles. The summed E-state index contributed by atoms with van der Waals surface area (Å²) in [4.78, 5) is 0.319. The van der Waals surface area contributed by atoms with Gasteiger partial charge >= 0.3 is 0 Å². The molecule has 0 fully saturated rings. The number of aryl methyl sites for hydroxylation is 2. The lowest BCUT2D eigenvalue weighted by atomic mass is 10.2. The van der Waals surface area contributed by atoms with Gasteiger partial charge in [-0.3, -0.25) is 0 Å². The molecule has 4 nitrogen and oxygen atoms in total. The van der Waals surface area contributed by atoms with Gasteiger partial charge in [-0.1, -0.05) is 17.7 Å². The van der Waals surface area contributed by atoms with Crippen LogP contribution in [0.2, 0.25) is 0 Å². The van der Waals surface area contributed by atoms with E-state index in [9.17, 15) is 8.42 Å². The molecule has 1 aromatic heterocycles. The molecule has 2 rings (SSSR count). The Morgan fingerprint density at radius 1 is 1.11 bits per heavy atom. The van der Waals surface area contributed by atoms with Crippen molar-refractivity contribution in [1.29, 1.82) is 0 Å². The number of hydrogen-bond donors (Lipinski definition) is 1. The van der Waals surface area contributed by atoms with E-state index in [-0.39, 0.29) is 0 Å². The molecule has 19 heavy (non-hydrogen) atoms. The minimum absolute atomic E-state index is 0.319. The second kappa shape index (κ2) is 6.04. The molecule has 0 saturated carbocycles. The lowest BCUT2D eigenvalue weighted by molar-refractivity contribution is 0.570. The van der Waals surface area contributed by atoms with Crippen molar-refractivity contribution in [2.45, 2.75) is 24.8 Å². The smallest absolute Gasteiger partial charge is 0.240 e. The molecule has 5 heteroatoms. The summed E-state index contributed by atoms with van der Waals surface area (Å²) in [7, 11) is -3.38. The van der Waals surface area contributed by atoms with Crippen LogP contribution in [0.5, 0.6) is 0 Å². The molecule has 102 valence electrons. The van der Waals surface area contributed by atoms with Crippen molar-refractivity contribution < 1.29 is 8.42 Å². The van der Waals surface area contributed by atoms with Gasteiger partial charge in [0.25, 0.3) is 0 Å². The van der Waals surface area contributed by atoms with Crippen molar-refractivity contribution in [3.8, 4) is 0 Å². The number of sulfonamides is 1. The lowest BCUT2D eigenvalue weighted by Gasteiger charge is -2.07. The summed E-state index contributed by atoms with van der Waals surface area (Å²) >= 11 is 0. The van der Waals surface area contributed by atoms with Crippen molar-refractivity contribution in [2.24, 2.45) is 0 Å². The van der Waals surface area contributed by atoms with Gasteiger partial charge < -0.3 is 4.57 Å². The Hall–Kier alpha value is -1.59. The fourth-order valence-corrected chi connectivity index (χ4v) is 2.86. The zero-order chi connectivity index (χ0) is 13.7. The number of nitrogens with zero attached hydrogens (tertiary/aromatic N) is 1. The molecule has 1 heterocycles. The van der Waals surface area contributed by atoms with Gasteiger partial charge in [-0.2, -0.15) is 0 Å². The summed E-state index contributed by atoms with van der Waals surface area (Å²) in [6.45, 7) is 3.18. The van der Waals surface area contributed by atoms with Gasteiger partial charge in [0.2, 0.25) is 10.0 Å². The van der Waals surface area contributed by atoms with Gasteiger partial charge in [0.05, 0.1) is 4.90 Å². The SMILES string of the molecule is Cc1ccc(S(=O)(=O)NCCCn2cccc2)cc1. The van der Waals surface area contributed by atoms with Crippen LogP contribution in [0.1, 0.15) is 12.0 Å². The number of nitrogens with one attached hydrogen (secondary N) is 1. The van der Waals surface area contributed by atoms with E-state index in [1.807, 2.05) is 36.0 Å². The van der Waals surface area contributed by atoms with Crippen LogP contribution in [-0.2, 0) is 16.6 Å². The number of benzene rings is 1. The highest BCUT2D eigenvalue weighted by atomic mass is 32.2. The first-order valence-electron chi connectivity index (χ1n) is 6.25. The molecule has 0 unspecified atom stereocenters. The van der Waals surface area contributed by atoms with E-state index in [2.05, 4.69) is 4.72 Å². The van der Waals surface area contributed by atoms with E-state index >= 15 is 0 Å². The molecule has 0 aliphatic rings. The van der Waals surface area contributed by atoms with E-state index in [1.54, 1.807) is 24.3 Å². The zero-order valence-electron chi connectivity index (χ0n) is 10.9. The van der Waals surface area contributed by atoms with Crippen LogP contribution < -0.4 is 4.72 Å². The highest BCUT2D eigenvalue weighted by Gasteiger charge is 2.12. The van der Waals surface area contributed by atoms with E-state index in [4.69, 9.17) is 0 Å². The normalized spacial score (nSPS) is 11.6. The highest BCUT2D eigenvalue weighted by Crippen LogP contribution is 2.09. The minimum Gasteiger partial charge on any atom is -0.354 e. The van der Waals surface area contributed by atoms with E-state index in [0.29, 0.717) is 11.4 Å². The Bertz CT molecular complexity index is 601. The Kier molecular flexibility index (Phi) is 4.39. The number of hydrogen-bond acceptors (Lipinski definition) is 2. The van der Waals surface area contributed by atoms with Crippen molar-refractivity contribution in [2.75, 3.05) is 6.54 Å². The Morgan fingerprint density at radius 2 is 1.74 bits per heavy atom. The van der Waals surface area contributed by atoms with Crippen molar-refractivity contribution in [3.05, 3.63) is 54.4 Å². The topological polar surface area (TPSA) is 51.1 Å². The molecular weight excluding hydrogens is 260 g/mol. The average Bonchev–Trinajstić information content (AvgIpc) is 2.88. The van der Waals surface area contributed by atoms with Gasteiger partial charge in [-0.05, 0) is 37.6 Å². The second-order valence-electron chi connectivity index (χ2n) is 4.49. The first kappa shape index (κ1) is 13.8. The molecule has 1 aromatic carbocycles. The minimum atomic E-state index is -3.38. The molecule has 0 aliphatic heterocycles. The summed E-state index contributed by atoms with van der Waals surface area (Å²) in [5, 5.41) is 0. The first-order chi connectivity index (χ1) is 9.08. The maximum atomic E-state index is 12.0. The van der Waals surface area contributed by atoms with Crippen LogP contribution >= 0.6 is 0 Å². The van der Waals surface area contributed by atoms with Gasteiger partial charge in [-0.25, -0.2) is 13.1 Å². The number of rotatable bonds is 6. The lowest BCUT2D eigenvalue weighted by Crippen LogP contribution is -2.25. The molecule has 0 atom stereocenters. The third-order valence-electron chi connectivity index (χ3n) is 2.88. The maximum absolute atomic E-state index is 12.0. The van der Waals surface area contributed by atoms with Crippen molar-refractivity contribution in [3.63, 3.8) is 0 Å². The van der Waals surface area contributed by atoms with Crippen LogP contribution in [0.4, 0.5) is 0 Å². The van der Waals surface area contributed by atoms with Gasteiger partial charge in [0.1, 0.15) is 0 Å². The molecule has 0 saturated heterocycles. The molecule has 0 radical (unpaired) electrons. The van der Waals surface area contributed by atoms with Crippen LogP contribution in [0.15, 0.2) is 53.7 Å². The standard InChI is InChI=1S/C14H18N2O2S/c1-13-5-7-14(8-6-13)19(17,18)15-9-4-12-16-10-2-3-11-16/h2-3,5-8,10-11,15H,4,9,12H2,1H3. The fourth-order valence-electron chi connectivity index (χ4n) is 1.79. The first-order valence-corrected chi connectivity index (χ1v) is 7.73. The van der Waals surface area contributed by atoms with E-state index in [0.717, 1.165) is 18.5 Å². The van der Waals surface area contributed by atoms with E-state index in [1.165, 1.54) is 0 Å². The summed E-state index contributed by atoms with van der Waals surface area (Å²) in [5.74, 6) is 0. The van der Waals surface area contributed by atoms with Gasteiger partial charge in [-0.15, -0.1) is 0 Å².